The lowest BCUT2D eigenvalue weighted by molar-refractivity contribution is -0.118. The lowest BCUT2D eigenvalue weighted by Gasteiger charge is -2.25. The maximum atomic E-state index is 12.4. The molecule has 110 valence electrons. The van der Waals surface area contributed by atoms with Crippen molar-refractivity contribution in [2.45, 2.75) is 39.5 Å². The minimum atomic E-state index is 0.259. The third-order valence-corrected chi connectivity index (χ3v) is 4.19. The summed E-state index contributed by atoms with van der Waals surface area (Å²) in [5.74, 6) is 0.979. The third kappa shape index (κ3) is 4.07. The van der Waals surface area contributed by atoms with Gasteiger partial charge in [-0.25, -0.2) is 0 Å². The molecule has 2 rings (SSSR count). The molecule has 0 aliphatic carbocycles. The maximum absolute atomic E-state index is 12.4. The number of benzene rings is 1. The fourth-order valence-corrected chi connectivity index (χ4v) is 2.86. The van der Waals surface area contributed by atoms with Crippen molar-refractivity contribution in [3.8, 4) is 0 Å². The minimum Gasteiger partial charge on any atom is -0.317 e. The fraction of sp³-hybridized carbons (Fsp3) is 0.588. The van der Waals surface area contributed by atoms with E-state index < -0.39 is 0 Å². The van der Waals surface area contributed by atoms with Crippen LogP contribution in [0, 0.1) is 12.8 Å². The van der Waals surface area contributed by atoms with Crippen molar-refractivity contribution in [1.82, 2.24) is 5.32 Å². The molecule has 3 nitrogen and oxygen atoms in total. The molecule has 1 N–H and O–H groups in total. The Labute approximate surface area is 122 Å². The van der Waals surface area contributed by atoms with Crippen LogP contribution in [-0.2, 0) is 4.79 Å². The van der Waals surface area contributed by atoms with Gasteiger partial charge in [0.25, 0.3) is 0 Å². The first kappa shape index (κ1) is 15.0. The summed E-state index contributed by atoms with van der Waals surface area (Å²) in [5.41, 5.74) is 2.25. The topological polar surface area (TPSA) is 32.3 Å². The van der Waals surface area contributed by atoms with Gasteiger partial charge in [-0.1, -0.05) is 17.7 Å². The Balaban J connectivity index is 1.89. The molecule has 0 aromatic heterocycles. The Hall–Kier alpha value is -1.35. The highest BCUT2D eigenvalue weighted by Crippen LogP contribution is 2.21. The summed E-state index contributed by atoms with van der Waals surface area (Å²) in [4.78, 5) is 14.3. The second-order valence-electron chi connectivity index (χ2n) is 5.71. The molecule has 0 bridgehead atoms. The van der Waals surface area contributed by atoms with E-state index in [4.69, 9.17) is 0 Å². The largest absolute Gasteiger partial charge is 0.317 e. The smallest absolute Gasteiger partial charge is 0.226 e. The standard InChI is InChI=1S/C17H26N2O/c1-3-19(16-7-4-14(2)5-8-16)17(20)9-6-15-10-12-18-13-11-15/h4-5,7-8,15,18H,3,6,9-13H2,1-2H3. The van der Waals surface area contributed by atoms with E-state index in [0.29, 0.717) is 6.42 Å². The van der Waals surface area contributed by atoms with Gasteiger partial charge >= 0.3 is 0 Å². The second-order valence-corrected chi connectivity index (χ2v) is 5.71. The van der Waals surface area contributed by atoms with Crippen LogP contribution in [0.1, 0.15) is 38.2 Å². The molecular formula is C17H26N2O. The Morgan fingerprint density at radius 2 is 1.90 bits per heavy atom. The first-order chi connectivity index (χ1) is 9.70. The molecule has 1 fully saturated rings. The Morgan fingerprint density at radius 1 is 1.25 bits per heavy atom. The highest BCUT2D eigenvalue weighted by molar-refractivity contribution is 5.93. The fourth-order valence-electron chi connectivity index (χ4n) is 2.86. The molecule has 0 saturated carbocycles. The van der Waals surface area contributed by atoms with E-state index in [1.165, 1.54) is 18.4 Å². The van der Waals surface area contributed by atoms with Gasteiger partial charge in [0.15, 0.2) is 0 Å². The molecule has 1 heterocycles. The van der Waals surface area contributed by atoms with E-state index in [-0.39, 0.29) is 5.91 Å². The van der Waals surface area contributed by atoms with E-state index in [9.17, 15) is 4.79 Å². The second kappa shape index (κ2) is 7.44. The maximum Gasteiger partial charge on any atom is 0.226 e. The number of carbonyl (C=O) groups is 1. The monoisotopic (exact) mass is 274 g/mol. The number of nitrogens with zero attached hydrogens (tertiary/aromatic N) is 1. The summed E-state index contributed by atoms with van der Waals surface area (Å²) >= 11 is 0. The van der Waals surface area contributed by atoms with Gasteiger partial charge in [0.2, 0.25) is 5.91 Å². The number of anilines is 1. The summed E-state index contributed by atoms with van der Waals surface area (Å²) in [7, 11) is 0. The molecule has 0 radical (unpaired) electrons. The van der Waals surface area contributed by atoms with Crippen LogP contribution in [0.2, 0.25) is 0 Å². The molecule has 1 saturated heterocycles. The molecule has 1 aliphatic heterocycles. The van der Waals surface area contributed by atoms with Gasteiger partial charge in [-0.05, 0) is 64.3 Å². The van der Waals surface area contributed by atoms with Crippen molar-refractivity contribution in [2.24, 2.45) is 5.92 Å². The van der Waals surface area contributed by atoms with E-state index in [1.807, 2.05) is 24.0 Å². The number of amides is 1. The van der Waals surface area contributed by atoms with Crippen LogP contribution >= 0.6 is 0 Å². The molecule has 1 aliphatic rings. The molecule has 0 unspecified atom stereocenters. The van der Waals surface area contributed by atoms with Crippen LogP contribution in [0.25, 0.3) is 0 Å². The summed E-state index contributed by atoms with van der Waals surface area (Å²) < 4.78 is 0. The molecule has 0 atom stereocenters. The van der Waals surface area contributed by atoms with Crippen molar-refractivity contribution in [3.63, 3.8) is 0 Å². The molecular weight excluding hydrogens is 248 g/mol. The zero-order valence-electron chi connectivity index (χ0n) is 12.7. The quantitative estimate of drug-likeness (QED) is 0.894. The average molecular weight is 274 g/mol. The Morgan fingerprint density at radius 3 is 2.50 bits per heavy atom. The third-order valence-electron chi connectivity index (χ3n) is 4.19. The summed E-state index contributed by atoms with van der Waals surface area (Å²) in [6.07, 6.45) is 4.13. The highest BCUT2D eigenvalue weighted by atomic mass is 16.2. The molecule has 3 heteroatoms. The molecule has 0 spiro atoms. The first-order valence-corrected chi connectivity index (χ1v) is 7.78. The average Bonchev–Trinajstić information content (AvgIpc) is 2.49. The number of hydrogen-bond donors (Lipinski definition) is 1. The number of nitrogens with one attached hydrogen (secondary N) is 1. The van der Waals surface area contributed by atoms with Crippen LogP contribution in [0.15, 0.2) is 24.3 Å². The lowest BCUT2D eigenvalue weighted by Crippen LogP contribution is -2.32. The van der Waals surface area contributed by atoms with Gasteiger partial charge in [-0.2, -0.15) is 0 Å². The summed E-state index contributed by atoms with van der Waals surface area (Å²) in [6, 6.07) is 8.22. The van der Waals surface area contributed by atoms with Gasteiger partial charge in [0.05, 0.1) is 0 Å². The molecule has 1 aromatic carbocycles. The zero-order chi connectivity index (χ0) is 14.4. The highest BCUT2D eigenvalue weighted by Gasteiger charge is 2.18. The van der Waals surface area contributed by atoms with Gasteiger partial charge in [-0.3, -0.25) is 4.79 Å². The SMILES string of the molecule is CCN(C(=O)CCC1CCNCC1)c1ccc(C)cc1. The zero-order valence-corrected chi connectivity index (χ0v) is 12.7. The van der Waals surface area contributed by atoms with Crippen LogP contribution in [0.4, 0.5) is 5.69 Å². The van der Waals surface area contributed by atoms with Crippen molar-refractivity contribution in [2.75, 3.05) is 24.5 Å². The predicted molar refractivity (Wildman–Crippen MR) is 84.0 cm³/mol. The molecule has 1 amide bonds. The number of hydrogen-bond acceptors (Lipinski definition) is 2. The van der Waals surface area contributed by atoms with Crippen molar-refractivity contribution < 1.29 is 4.79 Å². The molecule has 1 aromatic rings. The summed E-state index contributed by atoms with van der Waals surface area (Å²) in [5, 5.41) is 3.37. The Bertz CT molecular complexity index is 421. The van der Waals surface area contributed by atoms with Crippen LogP contribution in [-0.4, -0.2) is 25.5 Å². The van der Waals surface area contributed by atoms with Crippen molar-refractivity contribution in [3.05, 3.63) is 29.8 Å². The van der Waals surface area contributed by atoms with Gasteiger partial charge in [-0.15, -0.1) is 0 Å². The number of carbonyl (C=O) groups excluding carboxylic acids is 1. The van der Waals surface area contributed by atoms with E-state index in [1.54, 1.807) is 0 Å². The van der Waals surface area contributed by atoms with Crippen molar-refractivity contribution >= 4 is 11.6 Å². The lowest BCUT2D eigenvalue weighted by atomic mass is 9.93. The van der Waals surface area contributed by atoms with Gasteiger partial charge in [0, 0.05) is 18.7 Å². The van der Waals surface area contributed by atoms with Gasteiger partial charge in [0.1, 0.15) is 0 Å². The number of piperidine rings is 1. The Kier molecular flexibility index (Phi) is 5.60. The number of rotatable bonds is 5. The van der Waals surface area contributed by atoms with Crippen LogP contribution in [0.5, 0.6) is 0 Å². The van der Waals surface area contributed by atoms with E-state index >= 15 is 0 Å². The van der Waals surface area contributed by atoms with E-state index in [0.717, 1.165) is 37.7 Å². The first-order valence-electron chi connectivity index (χ1n) is 7.78. The normalized spacial score (nSPS) is 16.1. The van der Waals surface area contributed by atoms with E-state index in [2.05, 4.69) is 24.4 Å². The van der Waals surface area contributed by atoms with Crippen molar-refractivity contribution in [1.29, 1.82) is 0 Å². The number of aryl methyl sites for hydroxylation is 1. The summed E-state index contributed by atoms with van der Waals surface area (Å²) in [6.45, 7) is 7.07. The van der Waals surface area contributed by atoms with Gasteiger partial charge < -0.3 is 10.2 Å². The predicted octanol–water partition coefficient (Wildman–Crippen LogP) is 3.13. The van der Waals surface area contributed by atoms with Crippen LogP contribution in [0.3, 0.4) is 0 Å². The minimum absolute atomic E-state index is 0.259. The van der Waals surface area contributed by atoms with Crippen LogP contribution < -0.4 is 10.2 Å². The molecule has 20 heavy (non-hydrogen) atoms.